The highest BCUT2D eigenvalue weighted by Gasteiger charge is 2.08. The zero-order chi connectivity index (χ0) is 17.1. The highest BCUT2D eigenvalue weighted by molar-refractivity contribution is 5.94. The Labute approximate surface area is 136 Å². The van der Waals surface area contributed by atoms with Crippen LogP contribution in [0.4, 0.5) is 4.79 Å². The van der Waals surface area contributed by atoms with Gasteiger partial charge in [0, 0.05) is 12.1 Å². The molecule has 0 saturated heterocycles. The van der Waals surface area contributed by atoms with Crippen LogP contribution in [0, 0.1) is 0 Å². The summed E-state index contributed by atoms with van der Waals surface area (Å²) in [4.78, 5) is 22.5. The van der Waals surface area contributed by atoms with Gasteiger partial charge in [0.1, 0.15) is 5.75 Å². The first-order valence-electron chi connectivity index (χ1n) is 7.81. The summed E-state index contributed by atoms with van der Waals surface area (Å²) in [5.41, 5.74) is 5.34. The van der Waals surface area contributed by atoms with Gasteiger partial charge in [0.25, 0.3) is 5.91 Å². The number of nitrogens with two attached hydrogens (primary N) is 1. The molecule has 128 valence electrons. The average molecular weight is 323 g/mol. The van der Waals surface area contributed by atoms with Crippen molar-refractivity contribution in [3.63, 3.8) is 0 Å². The molecule has 3 amide bonds. The summed E-state index contributed by atoms with van der Waals surface area (Å²) in [7, 11) is 0. The van der Waals surface area contributed by atoms with Gasteiger partial charge in [0.05, 0.1) is 13.2 Å². The van der Waals surface area contributed by atoms with Crippen molar-refractivity contribution in [2.75, 3.05) is 19.7 Å². The number of amides is 3. The summed E-state index contributed by atoms with van der Waals surface area (Å²) in [5.74, 6) is 0.436. The molecule has 23 heavy (non-hydrogen) atoms. The lowest BCUT2D eigenvalue weighted by Crippen LogP contribution is -2.39. The second kappa shape index (κ2) is 10.4. The van der Waals surface area contributed by atoms with Gasteiger partial charge in [0.2, 0.25) is 0 Å². The predicted molar refractivity (Wildman–Crippen MR) is 86.5 cm³/mol. The van der Waals surface area contributed by atoms with E-state index in [2.05, 4.69) is 12.2 Å². The number of hydrogen-bond donors (Lipinski definition) is 3. The minimum atomic E-state index is -0.959. The number of hydroxylamine groups is 2. The van der Waals surface area contributed by atoms with Gasteiger partial charge in [-0.25, -0.2) is 9.86 Å². The molecular weight excluding hydrogens is 298 g/mol. The van der Waals surface area contributed by atoms with Crippen LogP contribution in [-0.4, -0.2) is 41.9 Å². The third kappa shape index (κ3) is 7.51. The van der Waals surface area contributed by atoms with E-state index < -0.39 is 6.03 Å². The maximum atomic E-state index is 11.9. The number of urea groups is 1. The summed E-state index contributed by atoms with van der Waals surface area (Å²) in [6.07, 6.45) is 4.58. The van der Waals surface area contributed by atoms with Crippen LogP contribution < -0.4 is 15.8 Å². The van der Waals surface area contributed by atoms with Crippen molar-refractivity contribution in [1.82, 2.24) is 10.4 Å². The minimum absolute atomic E-state index is 0.0694. The minimum Gasteiger partial charge on any atom is -0.494 e. The van der Waals surface area contributed by atoms with Gasteiger partial charge in [-0.05, 0) is 30.7 Å². The fourth-order valence-electron chi connectivity index (χ4n) is 1.91. The van der Waals surface area contributed by atoms with E-state index in [9.17, 15) is 9.59 Å². The molecule has 0 bridgehead atoms. The fraction of sp³-hybridized carbons (Fsp3) is 0.500. The molecule has 0 aliphatic rings. The number of carbonyl (C=O) groups is 2. The Morgan fingerprint density at radius 1 is 1.22 bits per heavy atom. The number of carbonyl (C=O) groups excluding carboxylic acids is 2. The lowest BCUT2D eigenvalue weighted by Gasteiger charge is -2.12. The van der Waals surface area contributed by atoms with Gasteiger partial charge in [0.15, 0.2) is 0 Å². The molecule has 1 rings (SSSR count). The predicted octanol–water partition coefficient (Wildman–Crippen LogP) is 2.15. The maximum absolute atomic E-state index is 11.9. The Morgan fingerprint density at radius 3 is 2.52 bits per heavy atom. The van der Waals surface area contributed by atoms with Gasteiger partial charge in [-0.3, -0.25) is 10.0 Å². The molecule has 0 aromatic heterocycles. The van der Waals surface area contributed by atoms with Gasteiger partial charge in [-0.2, -0.15) is 0 Å². The topological polar surface area (TPSA) is 105 Å². The van der Waals surface area contributed by atoms with Gasteiger partial charge >= 0.3 is 6.03 Å². The second-order valence-corrected chi connectivity index (χ2v) is 5.15. The molecule has 0 atom stereocenters. The van der Waals surface area contributed by atoms with E-state index in [0.717, 1.165) is 18.6 Å². The Kier molecular flexibility index (Phi) is 8.52. The Balaban J connectivity index is 2.31. The molecule has 0 saturated carbocycles. The Bertz CT molecular complexity index is 491. The second-order valence-electron chi connectivity index (χ2n) is 5.15. The first-order chi connectivity index (χ1) is 11.0. The molecule has 4 N–H and O–H groups in total. The molecule has 0 unspecified atom stereocenters. The van der Waals surface area contributed by atoms with Crippen LogP contribution in [0.2, 0.25) is 0 Å². The highest BCUT2D eigenvalue weighted by Crippen LogP contribution is 2.13. The molecule has 0 aliphatic carbocycles. The molecule has 0 spiro atoms. The van der Waals surface area contributed by atoms with Crippen molar-refractivity contribution < 1.29 is 19.5 Å². The molecule has 0 fully saturated rings. The fourth-order valence-corrected chi connectivity index (χ4v) is 1.91. The smallest absolute Gasteiger partial charge is 0.338 e. The molecule has 1 aromatic carbocycles. The van der Waals surface area contributed by atoms with Crippen LogP contribution in [0.25, 0.3) is 0 Å². The van der Waals surface area contributed by atoms with Crippen molar-refractivity contribution in [2.45, 2.75) is 32.6 Å². The first-order valence-corrected chi connectivity index (χ1v) is 7.81. The van der Waals surface area contributed by atoms with Crippen LogP contribution >= 0.6 is 0 Å². The standard InChI is InChI=1S/C16H25N3O4/c1-2-3-4-5-12-23-14-8-6-13(7-9-14)15(20)18-10-11-19(22)16(17)21/h6-9,22H,2-5,10-12H2,1H3,(H2,17,21)(H,18,20). The number of ether oxygens (including phenoxy) is 1. The maximum Gasteiger partial charge on any atom is 0.338 e. The third-order valence-corrected chi connectivity index (χ3v) is 3.25. The molecule has 7 heteroatoms. The van der Waals surface area contributed by atoms with Crippen molar-refractivity contribution >= 4 is 11.9 Å². The zero-order valence-electron chi connectivity index (χ0n) is 13.5. The van der Waals surface area contributed by atoms with E-state index in [0.29, 0.717) is 17.2 Å². The zero-order valence-corrected chi connectivity index (χ0v) is 13.5. The quantitative estimate of drug-likeness (QED) is 0.348. The van der Waals surface area contributed by atoms with Crippen LogP contribution in [-0.2, 0) is 0 Å². The molecule has 1 aromatic rings. The molecule has 7 nitrogen and oxygen atoms in total. The number of nitrogens with one attached hydrogen (secondary N) is 1. The third-order valence-electron chi connectivity index (χ3n) is 3.25. The van der Waals surface area contributed by atoms with E-state index in [-0.39, 0.29) is 19.0 Å². The molecular formula is C16H25N3O4. The van der Waals surface area contributed by atoms with Crippen molar-refractivity contribution in [2.24, 2.45) is 5.73 Å². The molecule has 0 radical (unpaired) electrons. The summed E-state index contributed by atoms with van der Waals surface area (Å²) >= 11 is 0. The first kappa shape index (κ1) is 18.8. The summed E-state index contributed by atoms with van der Waals surface area (Å²) in [6.45, 7) is 2.87. The van der Waals surface area contributed by atoms with E-state index >= 15 is 0 Å². The summed E-state index contributed by atoms with van der Waals surface area (Å²) in [5, 5.41) is 12.0. The van der Waals surface area contributed by atoms with Crippen LogP contribution in [0.1, 0.15) is 43.0 Å². The van der Waals surface area contributed by atoms with E-state index in [4.69, 9.17) is 15.7 Å². The van der Waals surface area contributed by atoms with Gasteiger partial charge in [-0.1, -0.05) is 26.2 Å². The number of rotatable bonds is 10. The number of benzene rings is 1. The van der Waals surface area contributed by atoms with Crippen molar-refractivity contribution in [3.8, 4) is 5.75 Å². The normalized spacial score (nSPS) is 10.2. The Hall–Kier alpha value is -2.28. The van der Waals surface area contributed by atoms with Crippen LogP contribution in [0.15, 0.2) is 24.3 Å². The molecule has 0 heterocycles. The van der Waals surface area contributed by atoms with Crippen LogP contribution in [0.5, 0.6) is 5.75 Å². The van der Waals surface area contributed by atoms with Crippen LogP contribution in [0.3, 0.4) is 0 Å². The van der Waals surface area contributed by atoms with Crippen molar-refractivity contribution in [3.05, 3.63) is 29.8 Å². The van der Waals surface area contributed by atoms with Gasteiger partial charge < -0.3 is 15.8 Å². The van der Waals surface area contributed by atoms with Gasteiger partial charge in [-0.15, -0.1) is 0 Å². The number of hydrogen-bond acceptors (Lipinski definition) is 4. The Morgan fingerprint density at radius 2 is 1.91 bits per heavy atom. The number of nitrogens with zero attached hydrogens (tertiary/aromatic N) is 1. The van der Waals surface area contributed by atoms with Crippen molar-refractivity contribution in [1.29, 1.82) is 0 Å². The number of primary amides is 1. The van der Waals surface area contributed by atoms with E-state index in [1.807, 2.05) is 0 Å². The lowest BCUT2D eigenvalue weighted by atomic mass is 10.2. The van der Waals surface area contributed by atoms with E-state index in [1.54, 1.807) is 24.3 Å². The number of unbranched alkanes of at least 4 members (excludes halogenated alkanes) is 3. The largest absolute Gasteiger partial charge is 0.494 e. The summed E-state index contributed by atoms with van der Waals surface area (Å²) in [6, 6.07) is 5.87. The highest BCUT2D eigenvalue weighted by atomic mass is 16.5. The molecule has 0 aliphatic heterocycles. The monoisotopic (exact) mass is 323 g/mol. The lowest BCUT2D eigenvalue weighted by molar-refractivity contribution is -0.0376. The average Bonchev–Trinajstić information content (AvgIpc) is 2.55. The summed E-state index contributed by atoms with van der Waals surface area (Å²) < 4.78 is 5.60. The SMILES string of the molecule is CCCCCCOc1ccc(C(=O)NCCN(O)C(N)=O)cc1. The van der Waals surface area contributed by atoms with E-state index in [1.165, 1.54) is 12.8 Å².